The molecule has 0 aromatic heterocycles. The highest BCUT2D eigenvalue weighted by atomic mass is 19.1. The lowest BCUT2D eigenvalue weighted by Gasteiger charge is -2.30. The standard InChI is InChI=1S/C14H17F2NO2/c1-9(10-5-11(15)7-12(16)6-10)17-4-2-3-13(17)8-14(18)19/h5-7,9,13H,2-4,8H2,1H3,(H,18,19). The summed E-state index contributed by atoms with van der Waals surface area (Å²) >= 11 is 0. The van der Waals surface area contributed by atoms with Gasteiger partial charge < -0.3 is 5.11 Å². The van der Waals surface area contributed by atoms with Crippen LogP contribution in [0.15, 0.2) is 18.2 Å². The average molecular weight is 269 g/mol. The normalized spacial score (nSPS) is 21.5. The smallest absolute Gasteiger partial charge is 0.304 e. The highest BCUT2D eigenvalue weighted by Gasteiger charge is 2.30. The summed E-state index contributed by atoms with van der Waals surface area (Å²) in [4.78, 5) is 12.8. The minimum absolute atomic E-state index is 0.0566. The summed E-state index contributed by atoms with van der Waals surface area (Å²) in [6, 6.07) is 3.22. The molecule has 1 aliphatic heterocycles. The summed E-state index contributed by atoms with van der Waals surface area (Å²) in [5.74, 6) is -2.04. The third-order valence-electron chi connectivity index (χ3n) is 3.70. The Kier molecular flexibility index (Phi) is 4.14. The summed E-state index contributed by atoms with van der Waals surface area (Å²) in [5, 5.41) is 8.89. The van der Waals surface area contributed by atoms with E-state index in [1.54, 1.807) is 0 Å². The third kappa shape index (κ3) is 3.29. The molecular weight excluding hydrogens is 252 g/mol. The van der Waals surface area contributed by atoms with E-state index < -0.39 is 17.6 Å². The predicted octanol–water partition coefficient (Wildman–Crippen LogP) is 2.96. The molecule has 1 heterocycles. The average Bonchev–Trinajstić information content (AvgIpc) is 2.73. The lowest BCUT2D eigenvalue weighted by molar-refractivity contribution is -0.138. The van der Waals surface area contributed by atoms with Gasteiger partial charge >= 0.3 is 5.97 Å². The van der Waals surface area contributed by atoms with Crippen molar-refractivity contribution < 1.29 is 18.7 Å². The van der Waals surface area contributed by atoms with Crippen molar-refractivity contribution in [3.8, 4) is 0 Å². The van der Waals surface area contributed by atoms with Crippen LogP contribution in [0.25, 0.3) is 0 Å². The number of nitrogens with zero attached hydrogens (tertiary/aromatic N) is 1. The van der Waals surface area contributed by atoms with Crippen LogP contribution in [0.1, 0.15) is 37.8 Å². The molecule has 1 fully saturated rings. The van der Waals surface area contributed by atoms with E-state index in [1.807, 2.05) is 11.8 Å². The number of carboxylic acid groups (broad SMARTS) is 1. The SMILES string of the molecule is CC(c1cc(F)cc(F)c1)N1CCCC1CC(=O)O. The summed E-state index contributed by atoms with van der Waals surface area (Å²) in [7, 11) is 0. The van der Waals surface area contributed by atoms with E-state index in [2.05, 4.69) is 0 Å². The van der Waals surface area contributed by atoms with E-state index in [0.717, 1.165) is 25.5 Å². The Morgan fingerprint density at radius 1 is 1.42 bits per heavy atom. The Morgan fingerprint density at radius 2 is 2.05 bits per heavy atom. The first-order valence-corrected chi connectivity index (χ1v) is 6.41. The number of carboxylic acids is 1. The van der Waals surface area contributed by atoms with Crippen molar-refractivity contribution in [3.63, 3.8) is 0 Å². The van der Waals surface area contributed by atoms with Crippen LogP contribution in [-0.2, 0) is 4.79 Å². The fourth-order valence-corrected chi connectivity index (χ4v) is 2.80. The second kappa shape index (κ2) is 5.65. The molecule has 0 radical (unpaired) electrons. The number of rotatable bonds is 4. The van der Waals surface area contributed by atoms with Gasteiger partial charge in [0, 0.05) is 18.2 Å². The quantitative estimate of drug-likeness (QED) is 0.913. The first-order chi connectivity index (χ1) is 8.97. The summed E-state index contributed by atoms with van der Waals surface area (Å²) in [6.45, 7) is 2.62. The van der Waals surface area contributed by atoms with Gasteiger partial charge in [0.25, 0.3) is 0 Å². The Bertz CT molecular complexity index is 458. The van der Waals surface area contributed by atoms with Crippen molar-refractivity contribution in [2.75, 3.05) is 6.54 Å². The molecule has 3 nitrogen and oxygen atoms in total. The molecule has 0 amide bonds. The second-order valence-corrected chi connectivity index (χ2v) is 5.01. The molecule has 1 N–H and O–H groups in total. The molecule has 2 unspecified atom stereocenters. The first-order valence-electron chi connectivity index (χ1n) is 6.41. The maximum Gasteiger partial charge on any atom is 0.304 e. The largest absolute Gasteiger partial charge is 0.481 e. The van der Waals surface area contributed by atoms with Crippen LogP contribution in [0, 0.1) is 11.6 Å². The highest BCUT2D eigenvalue weighted by molar-refractivity contribution is 5.67. The van der Waals surface area contributed by atoms with Crippen molar-refractivity contribution in [1.82, 2.24) is 4.90 Å². The lowest BCUT2D eigenvalue weighted by Crippen LogP contribution is -2.33. The topological polar surface area (TPSA) is 40.5 Å². The Labute approximate surface area is 110 Å². The minimum Gasteiger partial charge on any atom is -0.481 e. The van der Waals surface area contributed by atoms with E-state index in [1.165, 1.54) is 12.1 Å². The number of hydrogen-bond donors (Lipinski definition) is 1. The van der Waals surface area contributed by atoms with Crippen molar-refractivity contribution in [2.24, 2.45) is 0 Å². The Hall–Kier alpha value is -1.49. The van der Waals surface area contributed by atoms with Crippen LogP contribution in [0.2, 0.25) is 0 Å². The molecule has 1 aromatic rings. The maximum absolute atomic E-state index is 13.2. The van der Waals surface area contributed by atoms with E-state index in [0.29, 0.717) is 5.56 Å². The zero-order valence-corrected chi connectivity index (χ0v) is 10.8. The van der Waals surface area contributed by atoms with E-state index >= 15 is 0 Å². The molecule has 104 valence electrons. The maximum atomic E-state index is 13.2. The fraction of sp³-hybridized carbons (Fsp3) is 0.500. The Balaban J connectivity index is 2.17. The number of hydrogen-bond acceptors (Lipinski definition) is 2. The van der Waals surface area contributed by atoms with Crippen molar-refractivity contribution in [3.05, 3.63) is 35.4 Å². The van der Waals surface area contributed by atoms with Gasteiger partial charge in [0.2, 0.25) is 0 Å². The van der Waals surface area contributed by atoms with Crippen molar-refractivity contribution in [2.45, 2.75) is 38.3 Å². The number of aliphatic carboxylic acids is 1. The highest BCUT2D eigenvalue weighted by Crippen LogP contribution is 2.31. The molecule has 1 aromatic carbocycles. The molecule has 5 heteroatoms. The number of likely N-dealkylation sites (tertiary alicyclic amines) is 1. The van der Waals surface area contributed by atoms with Crippen LogP contribution in [0.3, 0.4) is 0 Å². The zero-order valence-electron chi connectivity index (χ0n) is 10.8. The van der Waals surface area contributed by atoms with Gasteiger partial charge in [-0.2, -0.15) is 0 Å². The van der Waals surface area contributed by atoms with Crippen molar-refractivity contribution in [1.29, 1.82) is 0 Å². The molecule has 0 bridgehead atoms. The predicted molar refractivity (Wildman–Crippen MR) is 66.8 cm³/mol. The van der Waals surface area contributed by atoms with Crippen LogP contribution >= 0.6 is 0 Å². The van der Waals surface area contributed by atoms with Gasteiger partial charge in [0.1, 0.15) is 11.6 Å². The molecule has 2 rings (SSSR count). The number of benzene rings is 1. The van der Waals surface area contributed by atoms with Crippen molar-refractivity contribution >= 4 is 5.97 Å². The molecule has 0 aliphatic carbocycles. The van der Waals surface area contributed by atoms with Gasteiger partial charge in [-0.3, -0.25) is 9.69 Å². The van der Waals surface area contributed by atoms with E-state index in [9.17, 15) is 13.6 Å². The first kappa shape index (κ1) is 13.9. The van der Waals surface area contributed by atoms with Gasteiger partial charge in [-0.15, -0.1) is 0 Å². The van der Waals surface area contributed by atoms with Gasteiger partial charge in [0.05, 0.1) is 6.42 Å². The van der Waals surface area contributed by atoms with Crippen LogP contribution in [-0.4, -0.2) is 28.6 Å². The van der Waals surface area contributed by atoms with Crippen LogP contribution in [0.5, 0.6) is 0 Å². The minimum atomic E-state index is -0.838. The van der Waals surface area contributed by atoms with Gasteiger partial charge in [-0.05, 0) is 44.0 Å². The van der Waals surface area contributed by atoms with Crippen LogP contribution < -0.4 is 0 Å². The van der Waals surface area contributed by atoms with E-state index in [4.69, 9.17) is 5.11 Å². The van der Waals surface area contributed by atoms with Gasteiger partial charge in [0.15, 0.2) is 0 Å². The monoisotopic (exact) mass is 269 g/mol. The zero-order chi connectivity index (χ0) is 14.0. The molecule has 2 atom stereocenters. The number of halogens is 2. The van der Waals surface area contributed by atoms with Gasteiger partial charge in [-0.1, -0.05) is 0 Å². The second-order valence-electron chi connectivity index (χ2n) is 5.01. The molecular formula is C14H17F2NO2. The summed E-state index contributed by atoms with van der Waals surface area (Å²) in [5.41, 5.74) is 0.551. The van der Waals surface area contributed by atoms with E-state index in [-0.39, 0.29) is 18.5 Å². The molecule has 0 spiro atoms. The molecule has 1 saturated heterocycles. The lowest BCUT2D eigenvalue weighted by atomic mass is 10.0. The molecule has 19 heavy (non-hydrogen) atoms. The fourth-order valence-electron chi connectivity index (χ4n) is 2.80. The Morgan fingerprint density at radius 3 is 2.63 bits per heavy atom. The summed E-state index contributed by atoms with van der Waals surface area (Å²) < 4.78 is 26.5. The van der Waals surface area contributed by atoms with Crippen LogP contribution in [0.4, 0.5) is 8.78 Å². The van der Waals surface area contributed by atoms with Gasteiger partial charge in [-0.25, -0.2) is 8.78 Å². The molecule has 1 aliphatic rings. The summed E-state index contributed by atoms with van der Waals surface area (Å²) in [6.07, 6.45) is 1.80. The number of carbonyl (C=O) groups is 1. The third-order valence-corrected chi connectivity index (χ3v) is 3.70. The molecule has 0 saturated carbocycles.